The van der Waals surface area contributed by atoms with Crippen LogP contribution < -0.4 is 11.5 Å². The second kappa shape index (κ2) is 8.26. The fourth-order valence-corrected chi connectivity index (χ4v) is 1.83. The fraction of sp³-hybridized carbons (Fsp3) is 0.455. The zero-order valence-electron chi connectivity index (χ0n) is 9.84. The third-order valence-corrected chi connectivity index (χ3v) is 2.79. The summed E-state index contributed by atoms with van der Waals surface area (Å²) in [5, 5.41) is 11.3. The Kier molecular flexibility index (Phi) is 7.86. The summed E-state index contributed by atoms with van der Waals surface area (Å²) in [6.45, 7) is 0.602. The van der Waals surface area contributed by atoms with Gasteiger partial charge >= 0.3 is 0 Å². The molecule has 0 amide bonds. The van der Waals surface area contributed by atoms with Gasteiger partial charge in [-0.1, -0.05) is 18.0 Å². The number of nitrogens with zero attached hydrogens (tertiary/aromatic N) is 1. The Hall–Kier alpha value is -0.880. The molecule has 0 aliphatic carbocycles. The molecule has 5 nitrogen and oxygen atoms in total. The predicted octanol–water partition coefficient (Wildman–Crippen LogP) is 2.80. The third kappa shape index (κ3) is 4.78. The van der Waals surface area contributed by atoms with Crippen molar-refractivity contribution in [2.75, 3.05) is 6.54 Å². The van der Waals surface area contributed by atoms with Gasteiger partial charge in [-0.3, -0.25) is 10.1 Å². The Morgan fingerprint density at radius 3 is 2.61 bits per heavy atom. The Balaban J connectivity index is 0.00000289. The Bertz CT molecular complexity index is 402. The summed E-state index contributed by atoms with van der Waals surface area (Å²) in [7, 11) is 0. The molecular weight excluding hydrogens is 277 g/mol. The van der Waals surface area contributed by atoms with Crippen molar-refractivity contribution < 1.29 is 4.92 Å². The van der Waals surface area contributed by atoms with E-state index in [9.17, 15) is 10.1 Å². The summed E-state index contributed by atoms with van der Waals surface area (Å²) in [4.78, 5) is 10.4. The molecular formula is C11H17Cl2N3O2. The second-order valence-electron chi connectivity index (χ2n) is 3.85. The summed E-state index contributed by atoms with van der Waals surface area (Å²) < 4.78 is 0. The molecule has 4 N–H and O–H groups in total. The van der Waals surface area contributed by atoms with E-state index in [1.165, 1.54) is 12.1 Å². The summed E-state index contributed by atoms with van der Waals surface area (Å²) >= 11 is 5.83. The van der Waals surface area contributed by atoms with E-state index in [-0.39, 0.29) is 24.1 Å². The number of benzene rings is 1. The van der Waals surface area contributed by atoms with Gasteiger partial charge in [0.25, 0.3) is 5.69 Å². The van der Waals surface area contributed by atoms with Crippen molar-refractivity contribution in [2.24, 2.45) is 11.5 Å². The number of rotatable bonds is 6. The van der Waals surface area contributed by atoms with E-state index in [1.807, 2.05) is 0 Å². The van der Waals surface area contributed by atoms with Crippen LogP contribution in [0.2, 0.25) is 5.02 Å². The van der Waals surface area contributed by atoms with E-state index >= 15 is 0 Å². The normalized spacial score (nSPS) is 11.7. The van der Waals surface area contributed by atoms with Gasteiger partial charge in [-0.25, -0.2) is 0 Å². The Labute approximate surface area is 117 Å². The smallest absolute Gasteiger partial charge is 0.274 e. The Morgan fingerprint density at radius 1 is 1.39 bits per heavy atom. The molecule has 1 rings (SSSR count). The van der Waals surface area contributed by atoms with Crippen LogP contribution in [0, 0.1) is 10.1 Å². The maximum absolute atomic E-state index is 10.9. The van der Waals surface area contributed by atoms with Crippen LogP contribution in [-0.2, 0) is 0 Å². The number of hydrogen-bond acceptors (Lipinski definition) is 4. The minimum absolute atomic E-state index is 0. The van der Waals surface area contributed by atoms with Crippen LogP contribution in [0.1, 0.15) is 30.9 Å². The molecule has 0 radical (unpaired) electrons. The molecule has 0 aliphatic rings. The topological polar surface area (TPSA) is 95.2 Å². The molecule has 0 aliphatic heterocycles. The lowest BCUT2D eigenvalue weighted by atomic mass is 10.0. The quantitative estimate of drug-likeness (QED) is 0.479. The van der Waals surface area contributed by atoms with E-state index in [1.54, 1.807) is 6.07 Å². The van der Waals surface area contributed by atoms with Gasteiger partial charge in [-0.05, 0) is 31.5 Å². The number of hydrogen-bond donors (Lipinski definition) is 2. The lowest BCUT2D eigenvalue weighted by Gasteiger charge is -2.12. The maximum atomic E-state index is 10.9. The molecule has 102 valence electrons. The molecule has 1 atom stereocenters. The van der Waals surface area contributed by atoms with Crippen LogP contribution in [0.15, 0.2) is 18.2 Å². The van der Waals surface area contributed by atoms with Crippen LogP contribution in [0.5, 0.6) is 0 Å². The van der Waals surface area contributed by atoms with Gasteiger partial charge in [0.15, 0.2) is 0 Å². The molecule has 0 saturated heterocycles. The molecule has 7 heteroatoms. The van der Waals surface area contributed by atoms with E-state index in [0.29, 0.717) is 23.6 Å². The fourth-order valence-electron chi connectivity index (χ4n) is 1.65. The van der Waals surface area contributed by atoms with E-state index in [2.05, 4.69) is 0 Å². The van der Waals surface area contributed by atoms with Crippen LogP contribution >= 0.6 is 24.0 Å². The van der Waals surface area contributed by atoms with Crippen molar-refractivity contribution in [3.63, 3.8) is 0 Å². The first kappa shape index (κ1) is 17.1. The zero-order chi connectivity index (χ0) is 12.8. The van der Waals surface area contributed by atoms with Crippen molar-refractivity contribution in [1.29, 1.82) is 0 Å². The van der Waals surface area contributed by atoms with Crippen LogP contribution in [0.3, 0.4) is 0 Å². The van der Waals surface area contributed by atoms with Gasteiger partial charge in [-0.2, -0.15) is 0 Å². The summed E-state index contributed by atoms with van der Waals surface area (Å²) in [5.74, 6) is 0. The molecule has 0 spiro atoms. The zero-order valence-corrected chi connectivity index (χ0v) is 11.4. The van der Waals surface area contributed by atoms with Crippen molar-refractivity contribution in [2.45, 2.75) is 25.3 Å². The molecule has 1 aromatic carbocycles. The third-order valence-electron chi connectivity index (χ3n) is 2.55. The standard InChI is InChI=1S/C11H16ClN3O2.ClH/c12-8-4-5-11(15(16)17)9(7-8)10(14)3-1-2-6-13;/h4-5,7,10H,1-3,6,13-14H2;1H/t10-;/m0./s1. The number of nitro benzene ring substituents is 1. The number of nitro groups is 1. The first-order chi connectivity index (χ1) is 8.06. The number of unbranched alkanes of at least 4 members (excludes halogenated alkanes) is 1. The average Bonchev–Trinajstić information content (AvgIpc) is 2.28. The SMILES string of the molecule is Cl.NCCCC[C@H](N)c1cc(Cl)ccc1[N+](=O)[O-]. The summed E-state index contributed by atoms with van der Waals surface area (Å²) in [6.07, 6.45) is 2.38. The molecule has 0 aromatic heterocycles. The molecule has 0 bridgehead atoms. The highest BCUT2D eigenvalue weighted by atomic mass is 35.5. The second-order valence-corrected chi connectivity index (χ2v) is 4.29. The highest BCUT2D eigenvalue weighted by molar-refractivity contribution is 6.30. The first-order valence-electron chi connectivity index (χ1n) is 5.45. The van der Waals surface area contributed by atoms with Crippen molar-refractivity contribution in [3.8, 4) is 0 Å². The average molecular weight is 294 g/mol. The molecule has 1 aromatic rings. The summed E-state index contributed by atoms with van der Waals surface area (Å²) in [5.41, 5.74) is 11.8. The molecule has 0 heterocycles. The van der Waals surface area contributed by atoms with Crippen molar-refractivity contribution >= 4 is 29.7 Å². The van der Waals surface area contributed by atoms with E-state index in [4.69, 9.17) is 23.1 Å². The first-order valence-corrected chi connectivity index (χ1v) is 5.83. The maximum Gasteiger partial charge on any atom is 0.274 e. The number of halogens is 2. The van der Waals surface area contributed by atoms with Gasteiger partial charge in [0.05, 0.1) is 4.92 Å². The van der Waals surface area contributed by atoms with Crippen LogP contribution in [0.25, 0.3) is 0 Å². The van der Waals surface area contributed by atoms with Gasteiger partial charge in [0.1, 0.15) is 0 Å². The van der Waals surface area contributed by atoms with Gasteiger partial charge < -0.3 is 11.5 Å². The van der Waals surface area contributed by atoms with Crippen LogP contribution in [0.4, 0.5) is 5.69 Å². The van der Waals surface area contributed by atoms with Crippen molar-refractivity contribution in [1.82, 2.24) is 0 Å². The van der Waals surface area contributed by atoms with Gasteiger partial charge in [0, 0.05) is 22.7 Å². The predicted molar refractivity (Wildman–Crippen MR) is 75.2 cm³/mol. The number of nitrogens with two attached hydrogens (primary N) is 2. The van der Waals surface area contributed by atoms with Gasteiger partial charge in [-0.15, -0.1) is 12.4 Å². The highest BCUT2D eigenvalue weighted by Gasteiger charge is 2.19. The highest BCUT2D eigenvalue weighted by Crippen LogP contribution is 2.29. The van der Waals surface area contributed by atoms with Crippen LogP contribution in [-0.4, -0.2) is 11.5 Å². The molecule has 18 heavy (non-hydrogen) atoms. The minimum Gasteiger partial charge on any atom is -0.330 e. The van der Waals surface area contributed by atoms with E-state index in [0.717, 1.165) is 12.8 Å². The molecule has 0 saturated carbocycles. The van der Waals surface area contributed by atoms with Crippen molar-refractivity contribution in [3.05, 3.63) is 38.9 Å². The Morgan fingerprint density at radius 2 is 2.06 bits per heavy atom. The lowest BCUT2D eigenvalue weighted by molar-refractivity contribution is -0.385. The van der Waals surface area contributed by atoms with E-state index < -0.39 is 4.92 Å². The summed E-state index contributed by atoms with van der Waals surface area (Å²) in [6, 6.07) is 4.07. The lowest BCUT2D eigenvalue weighted by Crippen LogP contribution is -2.13. The largest absolute Gasteiger partial charge is 0.330 e. The minimum atomic E-state index is -0.436. The molecule has 0 fully saturated rings. The monoisotopic (exact) mass is 293 g/mol. The van der Waals surface area contributed by atoms with Gasteiger partial charge in [0.2, 0.25) is 0 Å². The molecule has 0 unspecified atom stereocenters.